The lowest BCUT2D eigenvalue weighted by Gasteiger charge is -2.18. The van der Waals surface area contributed by atoms with Crippen molar-refractivity contribution in [2.24, 2.45) is 11.8 Å². The van der Waals surface area contributed by atoms with Gasteiger partial charge in [-0.25, -0.2) is 0 Å². The lowest BCUT2D eigenvalue weighted by molar-refractivity contribution is 0.349. The molecule has 2 saturated carbocycles. The maximum atomic E-state index is 2.32. The molecule has 0 aromatic heterocycles. The molecule has 2 aliphatic carbocycles. The largest absolute Gasteiger partial charge is 0.0656 e. The highest BCUT2D eigenvalue weighted by atomic mass is 14.2. The average molecular weight is 299 g/mol. The topological polar surface area (TPSA) is 0 Å². The van der Waals surface area contributed by atoms with Crippen LogP contribution < -0.4 is 0 Å². The Morgan fingerprint density at radius 3 is 0.905 bits per heavy atom. The minimum Gasteiger partial charge on any atom is -0.0656 e. The first kappa shape index (κ1) is 23.3. The van der Waals surface area contributed by atoms with E-state index in [1.165, 1.54) is 83.5 Å². The Labute approximate surface area is 137 Å². The maximum absolute atomic E-state index is 2.32. The Kier molecular flexibility index (Phi) is 22.2. The quantitative estimate of drug-likeness (QED) is 0.480. The van der Waals surface area contributed by atoms with Gasteiger partial charge in [-0.2, -0.15) is 0 Å². The van der Waals surface area contributed by atoms with Crippen molar-refractivity contribution >= 4 is 0 Å². The minimum absolute atomic E-state index is 1.09. The molecule has 0 saturated heterocycles. The zero-order chi connectivity index (χ0) is 16.3. The zero-order valence-corrected chi connectivity index (χ0v) is 16.3. The van der Waals surface area contributed by atoms with Crippen molar-refractivity contribution in [2.75, 3.05) is 0 Å². The van der Waals surface area contributed by atoms with E-state index in [0.29, 0.717) is 0 Å². The first-order valence-electron chi connectivity index (χ1n) is 10.2. The highest BCUT2D eigenvalue weighted by molar-refractivity contribution is 4.64. The second-order valence-electron chi connectivity index (χ2n) is 6.89. The van der Waals surface area contributed by atoms with Gasteiger partial charge in [-0.15, -0.1) is 0 Å². The molecule has 0 aromatic carbocycles. The maximum Gasteiger partial charge on any atom is -0.0417 e. The molecule has 0 heterocycles. The van der Waals surface area contributed by atoms with Crippen molar-refractivity contribution in [1.29, 1.82) is 0 Å². The molecule has 2 fully saturated rings. The van der Waals surface area contributed by atoms with Gasteiger partial charge in [0.1, 0.15) is 0 Å². The van der Waals surface area contributed by atoms with Crippen LogP contribution in [0.4, 0.5) is 0 Å². The third kappa shape index (κ3) is 18.0. The Morgan fingerprint density at radius 1 is 0.476 bits per heavy atom. The van der Waals surface area contributed by atoms with Crippen LogP contribution in [0.2, 0.25) is 0 Å². The lowest BCUT2D eigenvalue weighted by Crippen LogP contribution is -2.03. The Morgan fingerprint density at radius 2 is 0.714 bits per heavy atom. The average Bonchev–Trinajstić information content (AvgIpc) is 3.04. The summed E-state index contributed by atoms with van der Waals surface area (Å²) >= 11 is 0. The summed E-state index contributed by atoms with van der Waals surface area (Å²) in [5.74, 6) is 2.18. The van der Waals surface area contributed by atoms with Crippen LogP contribution >= 0.6 is 0 Å². The van der Waals surface area contributed by atoms with E-state index < -0.39 is 0 Å². The first-order chi connectivity index (χ1) is 10.2. The summed E-state index contributed by atoms with van der Waals surface area (Å²) in [7, 11) is 0. The SMILES string of the molecule is CCC.CCC.CCC1CCCC1.CCC1CCCCC1. The molecule has 0 bridgehead atoms. The molecule has 0 unspecified atom stereocenters. The van der Waals surface area contributed by atoms with Crippen molar-refractivity contribution in [2.45, 2.75) is 125 Å². The number of hydrogen-bond donors (Lipinski definition) is 0. The van der Waals surface area contributed by atoms with E-state index >= 15 is 0 Å². The lowest BCUT2D eigenvalue weighted by atomic mass is 9.88. The molecule has 2 aliphatic rings. The van der Waals surface area contributed by atoms with Gasteiger partial charge in [0.15, 0.2) is 0 Å². The minimum atomic E-state index is 1.09. The van der Waals surface area contributed by atoms with Gasteiger partial charge >= 0.3 is 0 Å². The summed E-state index contributed by atoms with van der Waals surface area (Å²) in [5.41, 5.74) is 0. The summed E-state index contributed by atoms with van der Waals surface area (Å²) in [5, 5.41) is 0. The molecule has 130 valence electrons. The molecule has 0 atom stereocenters. The predicted molar refractivity (Wildman–Crippen MR) is 101 cm³/mol. The van der Waals surface area contributed by atoms with Crippen LogP contribution in [0.5, 0.6) is 0 Å². The van der Waals surface area contributed by atoms with Gasteiger partial charge in [0.2, 0.25) is 0 Å². The molecule has 21 heavy (non-hydrogen) atoms. The standard InChI is InChI=1S/C8H16.C7H14.2C3H8/c1-2-8-6-4-3-5-7-8;1-2-7-5-3-4-6-7;2*1-3-2/h8H,2-7H2,1H3;7H,2-6H2,1H3;2*3H2,1-2H3. The van der Waals surface area contributed by atoms with Crippen LogP contribution in [0.15, 0.2) is 0 Å². The third-order valence-electron chi connectivity index (χ3n) is 4.35. The van der Waals surface area contributed by atoms with E-state index in [0.717, 1.165) is 11.8 Å². The van der Waals surface area contributed by atoms with E-state index in [1.807, 2.05) is 0 Å². The second kappa shape index (κ2) is 20.0. The van der Waals surface area contributed by atoms with Crippen molar-refractivity contribution in [3.63, 3.8) is 0 Å². The van der Waals surface area contributed by atoms with Crippen LogP contribution in [0.25, 0.3) is 0 Å². The van der Waals surface area contributed by atoms with E-state index in [4.69, 9.17) is 0 Å². The Bertz CT molecular complexity index is 147. The van der Waals surface area contributed by atoms with Crippen LogP contribution in [0, 0.1) is 11.8 Å². The van der Waals surface area contributed by atoms with Crippen molar-refractivity contribution < 1.29 is 0 Å². The predicted octanol–water partition coefficient (Wildman–Crippen LogP) is 8.40. The van der Waals surface area contributed by atoms with Crippen molar-refractivity contribution in [1.82, 2.24) is 0 Å². The molecule has 0 nitrogen and oxygen atoms in total. The molecule has 0 spiro atoms. The summed E-state index contributed by atoms with van der Waals surface area (Å²) in [6.07, 6.45) is 18.9. The van der Waals surface area contributed by atoms with Gasteiger partial charge in [-0.1, -0.05) is 125 Å². The summed E-state index contributed by atoms with van der Waals surface area (Å²) in [4.78, 5) is 0. The molecule has 0 radical (unpaired) electrons. The van der Waals surface area contributed by atoms with Gasteiger partial charge in [0.25, 0.3) is 0 Å². The molecular formula is C21H46. The Balaban J connectivity index is 0. The van der Waals surface area contributed by atoms with E-state index in [9.17, 15) is 0 Å². The summed E-state index contributed by atoms with van der Waals surface area (Å²) < 4.78 is 0. The van der Waals surface area contributed by atoms with Crippen LogP contribution in [0.1, 0.15) is 125 Å². The molecule has 2 rings (SSSR count). The fraction of sp³-hybridized carbons (Fsp3) is 1.00. The molecule has 0 aromatic rings. The van der Waals surface area contributed by atoms with Gasteiger partial charge in [0, 0.05) is 0 Å². The smallest absolute Gasteiger partial charge is 0.0417 e. The van der Waals surface area contributed by atoms with E-state index in [2.05, 4.69) is 41.5 Å². The number of hydrogen-bond acceptors (Lipinski definition) is 0. The Hall–Kier alpha value is 0. The molecule has 0 amide bonds. The highest BCUT2D eigenvalue weighted by Gasteiger charge is 2.11. The van der Waals surface area contributed by atoms with Crippen LogP contribution in [0.3, 0.4) is 0 Å². The zero-order valence-electron chi connectivity index (χ0n) is 16.3. The fourth-order valence-corrected chi connectivity index (χ4v) is 3.01. The van der Waals surface area contributed by atoms with Gasteiger partial charge < -0.3 is 0 Å². The van der Waals surface area contributed by atoms with Gasteiger partial charge in [-0.3, -0.25) is 0 Å². The fourth-order valence-electron chi connectivity index (χ4n) is 3.01. The van der Waals surface area contributed by atoms with Crippen molar-refractivity contribution in [3.05, 3.63) is 0 Å². The first-order valence-corrected chi connectivity index (χ1v) is 10.2. The molecular weight excluding hydrogens is 252 g/mol. The van der Waals surface area contributed by atoms with Gasteiger partial charge in [-0.05, 0) is 11.8 Å². The van der Waals surface area contributed by atoms with E-state index in [-0.39, 0.29) is 0 Å². The monoisotopic (exact) mass is 298 g/mol. The molecule has 0 aliphatic heterocycles. The van der Waals surface area contributed by atoms with Crippen LogP contribution in [-0.4, -0.2) is 0 Å². The number of rotatable bonds is 2. The third-order valence-corrected chi connectivity index (χ3v) is 4.35. The van der Waals surface area contributed by atoms with Crippen molar-refractivity contribution in [3.8, 4) is 0 Å². The molecule has 0 heteroatoms. The van der Waals surface area contributed by atoms with E-state index in [1.54, 1.807) is 0 Å². The van der Waals surface area contributed by atoms with Gasteiger partial charge in [0.05, 0.1) is 0 Å². The summed E-state index contributed by atoms with van der Waals surface area (Å²) in [6.45, 7) is 13.1. The van der Waals surface area contributed by atoms with Crippen LogP contribution in [-0.2, 0) is 0 Å². The molecule has 0 N–H and O–H groups in total. The highest BCUT2D eigenvalue weighted by Crippen LogP contribution is 2.26. The summed E-state index contributed by atoms with van der Waals surface area (Å²) in [6, 6.07) is 0. The second-order valence-corrected chi connectivity index (χ2v) is 6.89. The normalized spacial score (nSPS) is 18.6.